The minimum absolute atomic E-state index is 0.453. The fraction of sp³-hybridized carbons (Fsp3) is 0.364. The molecule has 0 fully saturated rings. The fourth-order valence-electron chi connectivity index (χ4n) is 1.14. The van der Waals surface area contributed by atoms with Gasteiger partial charge < -0.3 is 5.11 Å². The molecular formula is C11H13NO. The number of hydrogen-bond donors (Lipinski definition) is 1. The van der Waals surface area contributed by atoms with Crippen molar-refractivity contribution in [2.24, 2.45) is 0 Å². The van der Waals surface area contributed by atoms with E-state index in [1.54, 1.807) is 13.1 Å². The number of aliphatic hydroxyl groups excluding tert-OH is 1. The molecule has 1 N–H and O–H groups in total. The molecule has 0 saturated carbocycles. The maximum absolute atomic E-state index is 9.67. The maximum atomic E-state index is 9.67. The molecule has 2 nitrogen and oxygen atoms in total. The van der Waals surface area contributed by atoms with E-state index in [9.17, 15) is 5.11 Å². The van der Waals surface area contributed by atoms with Crippen LogP contribution in [0.25, 0.3) is 0 Å². The molecule has 1 aromatic rings. The molecule has 1 rings (SSSR count). The zero-order valence-electron chi connectivity index (χ0n) is 7.91. The zero-order chi connectivity index (χ0) is 9.68. The standard InChI is InChI=1S/C11H13NO/c1-3-4-7-10(13)11-9(2)6-5-8-12-11/h5-6,8,10,13H,7H2,1-2H3. The van der Waals surface area contributed by atoms with Gasteiger partial charge in [-0.15, -0.1) is 11.8 Å². The molecule has 0 aliphatic carbocycles. The third kappa shape index (κ3) is 2.57. The predicted octanol–water partition coefficient (Wildman–Crippen LogP) is 1.84. The van der Waals surface area contributed by atoms with Crippen LogP contribution in [0.5, 0.6) is 0 Å². The number of hydrogen-bond acceptors (Lipinski definition) is 2. The Labute approximate surface area is 78.6 Å². The molecule has 0 saturated heterocycles. The van der Waals surface area contributed by atoms with Crippen LogP contribution in [0.2, 0.25) is 0 Å². The van der Waals surface area contributed by atoms with Crippen molar-refractivity contribution in [2.45, 2.75) is 26.4 Å². The molecule has 1 aromatic heterocycles. The van der Waals surface area contributed by atoms with Crippen molar-refractivity contribution in [3.63, 3.8) is 0 Å². The number of aliphatic hydroxyl groups is 1. The van der Waals surface area contributed by atoms with Crippen LogP contribution >= 0.6 is 0 Å². The minimum atomic E-state index is -0.561. The molecule has 1 unspecified atom stereocenters. The molecular weight excluding hydrogens is 162 g/mol. The third-order valence-electron chi connectivity index (χ3n) is 1.84. The highest BCUT2D eigenvalue weighted by atomic mass is 16.3. The van der Waals surface area contributed by atoms with Gasteiger partial charge in [-0.2, -0.15) is 0 Å². The Morgan fingerprint density at radius 2 is 2.38 bits per heavy atom. The van der Waals surface area contributed by atoms with E-state index in [0.717, 1.165) is 11.3 Å². The summed E-state index contributed by atoms with van der Waals surface area (Å²) in [7, 11) is 0. The Morgan fingerprint density at radius 1 is 1.62 bits per heavy atom. The van der Waals surface area contributed by atoms with Crippen LogP contribution in [0, 0.1) is 18.8 Å². The number of rotatable bonds is 2. The molecule has 68 valence electrons. The quantitative estimate of drug-likeness (QED) is 0.696. The van der Waals surface area contributed by atoms with Crippen LogP contribution in [0.1, 0.15) is 30.7 Å². The molecule has 1 atom stereocenters. The van der Waals surface area contributed by atoms with Crippen LogP contribution in [0.15, 0.2) is 18.3 Å². The molecule has 0 amide bonds. The largest absolute Gasteiger partial charge is 0.386 e. The smallest absolute Gasteiger partial charge is 0.107 e. The molecule has 2 heteroatoms. The normalized spacial score (nSPS) is 11.6. The highest BCUT2D eigenvalue weighted by Crippen LogP contribution is 2.16. The third-order valence-corrected chi connectivity index (χ3v) is 1.84. The van der Waals surface area contributed by atoms with Gasteiger partial charge in [-0.1, -0.05) is 6.07 Å². The summed E-state index contributed by atoms with van der Waals surface area (Å²) in [5.74, 6) is 5.58. The molecule has 0 aliphatic heterocycles. The summed E-state index contributed by atoms with van der Waals surface area (Å²) in [6.45, 7) is 3.70. The summed E-state index contributed by atoms with van der Waals surface area (Å²) in [5.41, 5.74) is 1.73. The van der Waals surface area contributed by atoms with Gasteiger partial charge in [0.05, 0.1) is 5.69 Å². The number of aromatic nitrogens is 1. The first-order valence-electron chi connectivity index (χ1n) is 4.25. The van der Waals surface area contributed by atoms with Crippen molar-refractivity contribution in [3.8, 4) is 11.8 Å². The maximum Gasteiger partial charge on any atom is 0.107 e. The van der Waals surface area contributed by atoms with Crippen LogP contribution in [0.4, 0.5) is 0 Å². The van der Waals surface area contributed by atoms with Gasteiger partial charge in [0.1, 0.15) is 6.10 Å². The van der Waals surface area contributed by atoms with Gasteiger partial charge >= 0.3 is 0 Å². The van der Waals surface area contributed by atoms with E-state index in [2.05, 4.69) is 16.8 Å². The first kappa shape index (κ1) is 9.76. The van der Waals surface area contributed by atoms with Crippen LogP contribution < -0.4 is 0 Å². The Kier molecular flexibility index (Phi) is 3.48. The molecule has 0 spiro atoms. The van der Waals surface area contributed by atoms with Gasteiger partial charge in [0.25, 0.3) is 0 Å². The number of nitrogens with zero attached hydrogens (tertiary/aromatic N) is 1. The first-order valence-corrected chi connectivity index (χ1v) is 4.25. The van der Waals surface area contributed by atoms with Crippen molar-refractivity contribution in [3.05, 3.63) is 29.6 Å². The van der Waals surface area contributed by atoms with E-state index in [0.29, 0.717) is 6.42 Å². The first-order chi connectivity index (χ1) is 6.25. The van der Waals surface area contributed by atoms with Crippen molar-refractivity contribution in [1.29, 1.82) is 0 Å². The summed E-state index contributed by atoms with van der Waals surface area (Å²) in [4.78, 5) is 4.11. The van der Waals surface area contributed by atoms with E-state index in [1.807, 2.05) is 19.1 Å². The summed E-state index contributed by atoms with van der Waals surface area (Å²) in [5, 5.41) is 9.67. The Morgan fingerprint density at radius 3 is 3.00 bits per heavy atom. The highest BCUT2D eigenvalue weighted by molar-refractivity contribution is 5.21. The van der Waals surface area contributed by atoms with Gasteiger partial charge in [-0.3, -0.25) is 4.98 Å². The molecule has 0 aliphatic rings. The average Bonchev–Trinajstić information content (AvgIpc) is 2.15. The second kappa shape index (κ2) is 4.64. The van der Waals surface area contributed by atoms with E-state index in [4.69, 9.17) is 0 Å². The molecule has 0 radical (unpaired) electrons. The lowest BCUT2D eigenvalue weighted by Gasteiger charge is -2.08. The molecule has 0 bridgehead atoms. The Bertz CT molecular complexity index is 335. The summed E-state index contributed by atoms with van der Waals surface area (Å²) in [6, 6.07) is 3.79. The van der Waals surface area contributed by atoms with Crippen LogP contribution in [0.3, 0.4) is 0 Å². The average molecular weight is 175 g/mol. The SMILES string of the molecule is CC#CCC(O)c1ncccc1C. The molecule has 1 heterocycles. The lowest BCUT2D eigenvalue weighted by Crippen LogP contribution is -2.01. The number of pyridine rings is 1. The van der Waals surface area contributed by atoms with E-state index < -0.39 is 6.10 Å². The topological polar surface area (TPSA) is 33.1 Å². The molecule has 0 aromatic carbocycles. The minimum Gasteiger partial charge on any atom is -0.386 e. The Balaban J connectivity index is 2.80. The molecule has 13 heavy (non-hydrogen) atoms. The summed E-state index contributed by atoms with van der Waals surface area (Å²) >= 11 is 0. The number of aryl methyl sites for hydroxylation is 1. The van der Waals surface area contributed by atoms with Crippen molar-refractivity contribution < 1.29 is 5.11 Å². The lowest BCUT2D eigenvalue weighted by atomic mass is 10.1. The Hall–Kier alpha value is -1.33. The lowest BCUT2D eigenvalue weighted by molar-refractivity contribution is 0.178. The van der Waals surface area contributed by atoms with E-state index >= 15 is 0 Å². The van der Waals surface area contributed by atoms with Gasteiger partial charge in [0.2, 0.25) is 0 Å². The summed E-state index contributed by atoms with van der Waals surface area (Å²) < 4.78 is 0. The van der Waals surface area contributed by atoms with Crippen molar-refractivity contribution in [1.82, 2.24) is 4.98 Å². The summed E-state index contributed by atoms with van der Waals surface area (Å²) in [6.07, 6.45) is 1.58. The fourth-order valence-corrected chi connectivity index (χ4v) is 1.14. The van der Waals surface area contributed by atoms with E-state index in [1.165, 1.54) is 0 Å². The van der Waals surface area contributed by atoms with Crippen molar-refractivity contribution >= 4 is 0 Å². The van der Waals surface area contributed by atoms with E-state index in [-0.39, 0.29) is 0 Å². The monoisotopic (exact) mass is 175 g/mol. The zero-order valence-corrected chi connectivity index (χ0v) is 7.91. The van der Waals surface area contributed by atoms with Gasteiger partial charge in [-0.05, 0) is 25.5 Å². The van der Waals surface area contributed by atoms with Gasteiger partial charge in [0, 0.05) is 12.6 Å². The van der Waals surface area contributed by atoms with Gasteiger partial charge in [0.15, 0.2) is 0 Å². The second-order valence-electron chi connectivity index (χ2n) is 2.85. The highest BCUT2D eigenvalue weighted by Gasteiger charge is 2.09. The predicted molar refractivity (Wildman–Crippen MR) is 52.0 cm³/mol. The van der Waals surface area contributed by atoms with Crippen LogP contribution in [-0.4, -0.2) is 10.1 Å². The van der Waals surface area contributed by atoms with Crippen LogP contribution in [-0.2, 0) is 0 Å². The second-order valence-corrected chi connectivity index (χ2v) is 2.85. The van der Waals surface area contributed by atoms with Crippen molar-refractivity contribution in [2.75, 3.05) is 0 Å². The van der Waals surface area contributed by atoms with Gasteiger partial charge in [-0.25, -0.2) is 0 Å².